The first kappa shape index (κ1) is 23.4. The van der Waals surface area contributed by atoms with E-state index in [1.807, 2.05) is 26.0 Å². The number of nitrogens with zero attached hydrogens (tertiary/aromatic N) is 1. The molecule has 0 aromatic heterocycles. The molecule has 4 rings (SSSR count). The zero-order valence-electron chi connectivity index (χ0n) is 19.0. The molecule has 1 N–H and O–H groups in total. The summed E-state index contributed by atoms with van der Waals surface area (Å²) in [4.78, 5) is 27.9. The molecular formula is C27H24ClNO5. The number of carbonyl (C=O) groups excluding carboxylic acids is 2. The maximum Gasteiger partial charge on any atom is 0.300 e. The number of aliphatic hydroxyl groups excluding tert-OH is 1. The van der Waals surface area contributed by atoms with Crippen LogP contribution in [-0.2, 0) is 9.59 Å². The summed E-state index contributed by atoms with van der Waals surface area (Å²) in [6, 6.07) is 18.3. The van der Waals surface area contributed by atoms with Gasteiger partial charge in [0.1, 0.15) is 17.3 Å². The Morgan fingerprint density at radius 2 is 1.65 bits per heavy atom. The van der Waals surface area contributed by atoms with Gasteiger partial charge >= 0.3 is 0 Å². The highest BCUT2D eigenvalue weighted by Crippen LogP contribution is 2.43. The fourth-order valence-corrected chi connectivity index (χ4v) is 4.20. The number of Topliss-reactive ketones (excluding diaryl/α,β-unsaturated/α-hetero) is 1. The number of aliphatic hydroxyl groups is 1. The molecule has 0 bridgehead atoms. The Hall–Kier alpha value is -3.77. The van der Waals surface area contributed by atoms with Crippen molar-refractivity contribution in [1.29, 1.82) is 0 Å². The molecule has 1 amide bonds. The molecule has 1 saturated heterocycles. The minimum absolute atomic E-state index is 0.0510. The maximum absolute atomic E-state index is 13.3. The normalized spacial score (nSPS) is 17.2. The second kappa shape index (κ2) is 9.61. The molecule has 1 unspecified atom stereocenters. The maximum atomic E-state index is 13.3. The van der Waals surface area contributed by atoms with Crippen LogP contribution in [0.2, 0.25) is 5.02 Å². The lowest BCUT2D eigenvalue weighted by atomic mass is 9.95. The van der Waals surface area contributed by atoms with Crippen molar-refractivity contribution in [3.8, 4) is 11.5 Å². The predicted octanol–water partition coefficient (Wildman–Crippen LogP) is 5.68. The zero-order chi connectivity index (χ0) is 24.4. The van der Waals surface area contributed by atoms with Gasteiger partial charge in [0.15, 0.2) is 0 Å². The molecular weight excluding hydrogens is 454 g/mol. The largest absolute Gasteiger partial charge is 0.507 e. The van der Waals surface area contributed by atoms with Crippen LogP contribution in [0.4, 0.5) is 5.69 Å². The van der Waals surface area contributed by atoms with Crippen molar-refractivity contribution in [3.05, 3.63) is 94.0 Å². The van der Waals surface area contributed by atoms with Gasteiger partial charge in [-0.1, -0.05) is 41.4 Å². The molecule has 3 aromatic rings. The van der Waals surface area contributed by atoms with E-state index < -0.39 is 17.7 Å². The Kier molecular flexibility index (Phi) is 6.61. The Morgan fingerprint density at radius 1 is 1.00 bits per heavy atom. The third-order valence-corrected chi connectivity index (χ3v) is 6.02. The molecule has 3 aromatic carbocycles. The van der Waals surface area contributed by atoms with Gasteiger partial charge in [-0.05, 0) is 61.9 Å². The van der Waals surface area contributed by atoms with E-state index in [0.29, 0.717) is 29.4 Å². The van der Waals surface area contributed by atoms with Crippen molar-refractivity contribution < 1.29 is 24.2 Å². The highest BCUT2D eigenvalue weighted by Gasteiger charge is 2.47. The number of halogens is 1. The minimum atomic E-state index is -0.861. The number of benzene rings is 3. The summed E-state index contributed by atoms with van der Waals surface area (Å²) in [6.07, 6.45) is 0. The van der Waals surface area contributed by atoms with E-state index in [-0.39, 0.29) is 21.9 Å². The van der Waals surface area contributed by atoms with E-state index in [1.165, 1.54) is 18.1 Å². The van der Waals surface area contributed by atoms with Crippen molar-refractivity contribution in [2.75, 3.05) is 18.6 Å². The molecule has 34 heavy (non-hydrogen) atoms. The summed E-state index contributed by atoms with van der Waals surface area (Å²) in [7, 11) is 1.49. The van der Waals surface area contributed by atoms with Crippen LogP contribution in [0, 0.1) is 6.92 Å². The average Bonchev–Trinajstić information content (AvgIpc) is 3.10. The van der Waals surface area contributed by atoms with Crippen LogP contribution in [0.25, 0.3) is 5.76 Å². The zero-order valence-corrected chi connectivity index (χ0v) is 19.8. The number of methoxy groups -OCH3 is 1. The summed E-state index contributed by atoms with van der Waals surface area (Å²) in [5.41, 5.74) is 2.36. The Bertz CT molecular complexity index is 1270. The predicted molar refractivity (Wildman–Crippen MR) is 132 cm³/mol. The van der Waals surface area contributed by atoms with E-state index in [1.54, 1.807) is 48.5 Å². The summed E-state index contributed by atoms with van der Waals surface area (Å²) >= 11 is 6.35. The highest BCUT2D eigenvalue weighted by atomic mass is 35.5. The monoisotopic (exact) mass is 477 g/mol. The lowest BCUT2D eigenvalue weighted by Crippen LogP contribution is -2.29. The number of hydrogen-bond donors (Lipinski definition) is 1. The lowest BCUT2D eigenvalue weighted by Gasteiger charge is -2.26. The van der Waals surface area contributed by atoms with E-state index in [2.05, 4.69) is 0 Å². The molecule has 1 fully saturated rings. The van der Waals surface area contributed by atoms with E-state index in [0.717, 1.165) is 5.56 Å². The van der Waals surface area contributed by atoms with Crippen molar-refractivity contribution in [2.24, 2.45) is 0 Å². The number of amides is 1. The second-order valence-corrected chi connectivity index (χ2v) is 8.26. The fraction of sp³-hybridized carbons (Fsp3) is 0.185. The van der Waals surface area contributed by atoms with E-state index in [4.69, 9.17) is 21.1 Å². The summed E-state index contributed by atoms with van der Waals surface area (Å²) < 4.78 is 10.8. The van der Waals surface area contributed by atoms with Crippen LogP contribution in [0.3, 0.4) is 0 Å². The Morgan fingerprint density at radius 3 is 2.26 bits per heavy atom. The standard InChI is InChI=1S/C27H24ClNO5/c1-4-34-19-11-7-17(8-12-19)24-23(25(30)21-15-20(33-3)13-14-22(21)28)26(31)27(32)29(24)18-9-5-16(2)6-10-18/h5-15,24,30H,4H2,1-3H3/b25-23+. The molecule has 1 aliphatic heterocycles. The smallest absolute Gasteiger partial charge is 0.300 e. The van der Waals surface area contributed by atoms with Crippen LogP contribution < -0.4 is 14.4 Å². The number of anilines is 1. The van der Waals surface area contributed by atoms with Crippen LogP contribution in [0.1, 0.15) is 29.7 Å². The molecule has 1 heterocycles. The van der Waals surface area contributed by atoms with Crippen molar-refractivity contribution in [2.45, 2.75) is 19.9 Å². The van der Waals surface area contributed by atoms with Gasteiger partial charge in [-0.25, -0.2) is 0 Å². The highest BCUT2D eigenvalue weighted by molar-refractivity contribution is 6.52. The summed E-state index contributed by atoms with van der Waals surface area (Å²) in [5.74, 6) is -0.777. The molecule has 0 spiro atoms. The average molecular weight is 478 g/mol. The first-order valence-corrected chi connectivity index (χ1v) is 11.2. The van der Waals surface area contributed by atoms with Gasteiger partial charge in [0.05, 0.1) is 30.4 Å². The molecule has 6 nitrogen and oxygen atoms in total. The number of aryl methyl sites for hydroxylation is 1. The molecule has 1 aliphatic rings. The van der Waals surface area contributed by atoms with Crippen LogP contribution in [-0.4, -0.2) is 30.5 Å². The molecule has 174 valence electrons. The topological polar surface area (TPSA) is 76.1 Å². The van der Waals surface area contributed by atoms with Gasteiger partial charge < -0.3 is 14.6 Å². The third kappa shape index (κ3) is 4.24. The lowest BCUT2D eigenvalue weighted by molar-refractivity contribution is -0.132. The fourth-order valence-electron chi connectivity index (χ4n) is 3.99. The number of ether oxygens (including phenoxy) is 2. The molecule has 0 aliphatic carbocycles. The van der Waals surface area contributed by atoms with Gasteiger partial charge in [-0.3, -0.25) is 14.5 Å². The quantitative estimate of drug-likeness (QED) is 0.281. The first-order chi connectivity index (χ1) is 16.3. The van der Waals surface area contributed by atoms with Gasteiger partial charge in [-0.15, -0.1) is 0 Å². The van der Waals surface area contributed by atoms with Crippen molar-refractivity contribution in [3.63, 3.8) is 0 Å². The first-order valence-electron chi connectivity index (χ1n) is 10.8. The van der Waals surface area contributed by atoms with Gasteiger partial charge in [-0.2, -0.15) is 0 Å². The van der Waals surface area contributed by atoms with E-state index >= 15 is 0 Å². The van der Waals surface area contributed by atoms with Gasteiger partial charge in [0.25, 0.3) is 11.7 Å². The van der Waals surface area contributed by atoms with Crippen molar-refractivity contribution in [1.82, 2.24) is 0 Å². The number of hydrogen-bond acceptors (Lipinski definition) is 5. The number of carbonyl (C=O) groups is 2. The Balaban J connectivity index is 1.93. The molecule has 1 atom stereocenters. The van der Waals surface area contributed by atoms with Crippen LogP contribution in [0.5, 0.6) is 11.5 Å². The number of ketones is 1. The van der Waals surface area contributed by atoms with Gasteiger partial charge in [0.2, 0.25) is 0 Å². The summed E-state index contributed by atoms with van der Waals surface area (Å²) in [6.45, 7) is 4.33. The third-order valence-electron chi connectivity index (χ3n) is 5.69. The minimum Gasteiger partial charge on any atom is -0.507 e. The van der Waals surface area contributed by atoms with Crippen LogP contribution in [0.15, 0.2) is 72.3 Å². The summed E-state index contributed by atoms with van der Waals surface area (Å²) in [5, 5.41) is 11.5. The molecule has 0 radical (unpaired) electrons. The molecule has 0 saturated carbocycles. The number of rotatable bonds is 6. The van der Waals surface area contributed by atoms with Crippen LogP contribution >= 0.6 is 11.6 Å². The van der Waals surface area contributed by atoms with Crippen molar-refractivity contribution >= 4 is 34.7 Å². The van der Waals surface area contributed by atoms with Gasteiger partial charge in [0, 0.05) is 11.3 Å². The second-order valence-electron chi connectivity index (χ2n) is 7.85. The SMILES string of the molecule is CCOc1ccc(C2/C(=C(\O)c3cc(OC)ccc3Cl)C(=O)C(=O)N2c2ccc(C)cc2)cc1. The molecule has 7 heteroatoms. The van der Waals surface area contributed by atoms with E-state index in [9.17, 15) is 14.7 Å². The Labute approximate surface area is 203 Å².